The summed E-state index contributed by atoms with van der Waals surface area (Å²) < 4.78 is 30.0. The molecule has 2 heterocycles. The Hall–Kier alpha value is -3.60. The first-order valence-corrected chi connectivity index (χ1v) is 9.12. The summed E-state index contributed by atoms with van der Waals surface area (Å²) in [4.78, 5) is 19.5. The standard InChI is InChI=1S/C22H12ClF2N3O2/c23-15-4-1-11(8-26)5-14(15)17-7-19(30)21-18(28-17)6-16(24)20(22(21)25)12-2-3-13(10-29)27-9-12/h1-7,9,29H,10H2,(H,28,30). The molecule has 0 saturated carbocycles. The fraction of sp³-hybridized carbons (Fsp3) is 0.0455. The SMILES string of the molecule is N#Cc1ccc(Cl)c(-c2cc(=O)c3c(F)c(-c4ccc(CO)nc4)c(F)cc3[nH]2)c1. The first-order valence-electron chi connectivity index (χ1n) is 8.74. The van der Waals surface area contributed by atoms with Gasteiger partial charge in [-0.1, -0.05) is 17.7 Å². The number of hydrogen-bond acceptors (Lipinski definition) is 4. The van der Waals surface area contributed by atoms with Crippen LogP contribution in [-0.2, 0) is 6.61 Å². The van der Waals surface area contributed by atoms with Gasteiger partial charge in [0, 0.05) is 28.4 Å². The molecule has 0 aliphatic carbocycles. The van der Waals surface area contributed by atoms with Gasteiger partial charge in [-0.3, -0.25) is 9.78 Å². The Balaban J connectivity index is 1.94. The molecule has 2 aromatic carbocycles. The van der Waals surface area contributed by atoms with Crippen LogP contribution in [0.4, 0.5) is 8.78 Å². The highest BCUT2D eigenvalue weighted by Crippen LogP contribution is 2.32. The molecule has 0 radical (unpaired) electrons. The fourth-order valence-electron chi connectivity index (χ4n) is 3.22. The molecular weight excluding hydrogens is 412 g/mol. The highest BCUT2D eigenvalue weighted by Gasteiger charge is 2.19. The van der Waals surface area contributed by atoms with Gasteiger partial charge in [0.05, 0.1) is 46.1 Å². The average molecular weight is 424 g/mol. The van der Waals surface area contributed by atoms with Crippen molar-refractivity contribution in [3.63, 3.8) is 0 Å². The van der Waals surface area contributed by atoms with Crippen LogP contribution in [0.15, 0.2) is 53.5 Å². The Bertz CT molecular complexity index is 1390. The third-order valence-electron chi connectivity index (χ3n) is 4.67. The number of nitrogens with one attached hydrogen (secondary N) is 1. The molecule has 0 atom stereocenters. The first-order chi connectivity index (χ1) is 14.4. The predicted octanol–water partition coefficient (Wildman–Crippen LogP) is 4.55. The maximum absolute atomic E-state index is 15.2. The molecule has 0 aliphatic rings. The van der Waals surface area contributed by atoms with Crippen LogP contribution >= 0.6 is 11.6 Å². The van der Waals surface area contributed by atoms with Crippen molar-refractivity contribution >= 4 is 22.5 Å². The second-order valence-corrected chi connectivity index (χ2v) is 6.93. The number of pyridine rings is 2. The van der Waals surface area contributed by atoms with Crippen LogP contribution in [-0.4, -0.2) is 15.1 Å². The minimum absolute atomic E-state index is 0.0467. The predicted molar refractivity (Wildman–Crippen MR) is 109 cm³/mol. The monoisotopic (exact) mass is 423 g/mol. The van der Waals surface area contributed by atoms with Gasteiger partial charge >= 0.3 is 0 Å². The summed E-state index contributed by atoms with van der Waals surface area (Å²) in [6.45, 7) is -0.305. The lowest BCUT2D eigenvalue weighted by molar-refractivity contribution is 0.277. The van der Waals surface area contributed by atoms with Crippen LogP contribution in [0.2, 0.25) is 5.02 Å². The van der Waals surface area contributed by atoms with E-state index in [9.17, 15) is 9.18 Å². The molecule has 0 bridgehead atoms. The number of aliphatic hydroxyl groups excluding tert-OH is 1. The highest BCUT2D eigenvalue weighted by atomic mass is 35.5. The van der Waals surface area contributed by atoms with E-state index < -0.39 is 17.1 Å². The van der Waals surface area contributed by atoms with Gasteiger partial charge in [0.2, 0.25) is 0 Å². The number of rotatable bonds is 3. The summed E-state index contributed by atoms with van der Waals surface area (Å²) in [6.07, 6.45) is 1.23. The topological polar surface area (TPSA) is 89.8 Å². The van der Waals surface area contributed by atoms with Gasteiger partial charge < -0.3 is 10.1 Å². The van der Waals surface area contributed by atoms with Crippen molar-refractivity contribution in [2.24, 2.45) is 0 Å². The molecule has 8 heteroatoms. The van der Waals surface area contributed by atoms with E-state index in [1.807, 2.05) is 6.07 Å². The van der Waals surface area contributed by atoms with Gasteiger partial charge in [-0.15, -0.1) is 0 Å². The second kappa shape index (κ2) is 7.67. The molecule has 0 spiro atoms. The van der Waals surface area contributed by atoms with E-state index in [0.717, 1.165) is 12.1 Å². The molecule has 4 rings (SSSR count). The van der Waals surface area contributed by atoms with Crippen molar-refractivity contribution in [2.75, 3.05) is 0 Å². The third-order valence-corrected chi connectivity index (χ3v) is 5.00. The van der Waals surface area contributed by atoms with Crippen LogP contribution in [0.5, 0.6) is 0 Å². The summed E-state index contributed by atoms with van der Waals surface area (Å²) >= 11 is 6.18. The van der Waals surface area contributed by atoms with Gasteiger partial charge in [-0.05, 0) is 30.3 Å². The van der Waals surface area contributed by atoms with Crippen molar-refractivity contribution in [3.05, 3.63) is 86.8 Å². The van der Waals surface area contributed by atoms with E-state index in [1.54, 1.807) is 0 Å². The zero-order chi connectivity index (χ0) is 21.4. The van der Waals surface area contributed by atoms with E-state index in [2.05, 4.69) is 9.97 Å². The lowest BCUT2D eigenvalue weighted by atomic mass is 10.0. The van der Waals surface area contributed by atoms with Crippen LogP contribution in [0.25, 0.3) is 33.3 Å². The molecule has 4 aromatic rings. The Morgan fingerprint density at radius 3 is 2.63 bits per heavy atom. The number of nitriles is 1. The van der Waals surface area contributed by atoms with Gasteiger partial charge in [0.1, 0.15) is 11.6 Å². The maximum Gasteiger partial charge on any atom is 0.193 e. The lowest BCUT2D eigenvalue weighted by Gasteiger charge is -2.11. The Kier molecular flexibility index (Phi) is 5.04. The number of halogens is 3. The van der Waals surface area contributed by atoms with Crippen molar-refractivity contribution in [2.45, 2.75) is 6.61 Å². The normalized spacial score (nSPS) is 10.9. The summed E-state index contributed by atoms with van der Waals surface area (Å²) in [5.41, 5.74) is 0.296. The Morgan fingerprint density at radius 2 is 1.97 bits per heavy atom. The minimum atomic E-state index is -1.02. The van der Waals surface area contributed by atoms with Gasteiger partial charge in [0.25, 0.3) is 0 Å². The van der Waals surface area contributed by atoms with E-state index in [1.165, 1.54) is 36.5 Å². The van der Waals surface area contributed by atoms with Crippen molar-refractivity contribution < 1.29 is 13.9 Å². The molecular formula is C22H12ClF2N3O2. The lowest BCUT2D eigenvalue weighted by Crippen LogP contribution is -2.08. The zero-order valence-electron chi connectivity index (χ0n) is 15.2. The van der Waals surface area contributed by atoms with Crippen LogP contribution in [0.1, 0.15) is 11.3 Å². The van der Waals surface area contributed by atoms with E-state index in [4.69, 9.17) is 22.0 Å². The zero-order valence-corrected chi connectivity index (χ0v) is 16.0. The van der Waals surface area contributed by atoms with Crippen molar-refractivity contribution in [1.29, 1.82) is 5.26 Å². The number of hydrogen-bond donors (Lipinski definition) is 2. The number of fused-ring (bicyclic) bond motifs is 1. The summed E-state index contributed by atoms with van der Waals surface area (Å²) in [6, 6.07) is 11.5. The number of nitrogens with zero attached hydrogens (tertiary/aromatic N) is 2. The molecule has 0 fully saturated rings. The van der Waals surface area contributed by atoms with Gasteiger partial charge in [0.15, 0.2) is 5.43 Å². The fourth-order valence-corrected chi connectivity index (χ4v) is 3.44. The molecule has 2 N–H and O–H groups in total. The maximum atomic E-state index is 15.2. The molecule has 0 amide bonds. The molecule has 0 aliphatic heterocycles. The highest BCUT2D eigenvalue weighted by molar-refractivity contribution is 6.33. The minimum Gasteiger partial charge on any atom is -0.390 e. The van der Waals surface area contributed by atoms with Crippen molar-refractivity contribution in [1.82, 2.24) is 9.97 Å². The second-order valence-electron chi connectivity index (χ2n) is 6.52. The van der Waals surface area contributed by atoms with Gasteiger partial charge in [-0.25, -0.2) is 8.78 Å². The number of aromatic amines is 1. The average Bonchev–Trinajstić information content (AvgIpc) is 2.74. The third kappa shape index (κ3) is 3.32. The summed E-state index contributed by atoms with van der Waals surface area (Å²) in [5, 5.41) is 18.1. The largest absolute Gasteiger partial charge is 0.390 e. The molecule has 2 aromatic heterocycles. The number of aromatic nitrogens is 2. The smallest absolute Gasteiger partial charge is 0.193 e. The number of aliphatic hydroxyl groups is 1. The van der Waals surface area contributed by atoms with Crippen LogP contribution in [0, 0.1) is 23.0 Å². The van der Waals surface area contributed by atoms with E-state index in [-0.39, 0.29) is 39.4 Å². The molecule has 0 unspecified atom stereocenters. The summed E-state index contributed by atoms with van der Waals surface area (Å²) in [7, 11) is 0. The molecule has 5 nitrogen and oxygen atoms in total. The Morgan fingerprint density at radius 1 is 1.17 bits per heavy atom. The molecule has 148 valence electrons. The summed E-state index contributed by atoms with van der Waals surface area (Å²) in [5.74, 6) is -1.91. The quantitative estimate of drug-likeness (QED) is 0.505. The first kappa shape index (κ1) is 19.7. The molecule has 30 heavy (non-hydrogen) atoms. The van der Waals surface area contributed by atoms with E-state index >= 15 is 4.39 Å². The van der Waals surface area contributed by atoms with Crippen LogP contribution in [0.3, 0.4) is 0 Å². The van der Waals surface area contributed by atoms with E-state index in [0.29, 0.717) is 16.8 Å². The van der Waals surface area contributed by atoms with Gasteiger partial charge in [-0.2, -0.15) is 5.26 Å². The Labute approximate surface area is 173 Å². The molecule has 0 saturated heterocycles. The number of benzene rings is 2. The number of H-pyrrole nitrogens is 1. The van der Waals surface area contributed by atoms with Crippen LogP contribution < -0.4 is 5.43 Å². The van der Waals surface area contributed by atoms with Crippen molar-refractivity contribution in [3.8, 4) is 28.5 Å².